The van der Waals surface area contributed by atoms with Crippen LogP contribution >= 0.6 is 23.2 Å². The number of carbonyl (C=O) groups excluding carboxylic acids is 1. The van der Waals surface area contributed by atoms with Crippen LogP contribution in [-0.4, -0.2) is 30.5 Å². The zero-order valence-corrected chi connectivity index (χ0v) is 20.4. The number of benzene rings is 3. The molecule has 2 aromatic heterocycles. The van der Waals surface area contributed by atoms with E-state index in [1.165, 1.54) is 11.0 Å². The maximum atomic E-state index is 12.6. The first-order valence-corrected chi connectivity index (χ1v) is 11.8. The molecule has 2 heterocycles. The van der Waals surface area contributed by atoms with Crippen molar-refractivity contribution in [3.63, 3.8) is 0 Å². The molecule has 0 aliphatic heterocycles. The molecule has 5 aromatic rings. The van der Waals surface area contributed by atoms with Crippen LogP contribution in [-0.2, 0) is 13.3 Å². The Kier molecular flexibility index (Phi) is 6.97. The van der Waals surface area contributed by atoms with Crippen molar-refractivity contribution in [3.05, 3.63) is 113 Å². The number of ether oxygens (including phenoxy) is 1. The van der Waals surface area contributed by atoms with Crippen molar-refractivity contribution in [2.45, 2.75) is 13.3 Å². The topological polar surface area (TPSA) is 86.9 Å². The van der Waals surface area contributed by atoms with Gasteiger partial charge in [0, 0.05) is 16.2 Å². The molecule has 0 spiro atoms. The summed E-state index contributed by atoms with van der Waals surface area (Å²) in [4.78, 5) is 16.7. The zero-order chi connectivity index (χ0) is 24.9. The Morgan fingerprint density at radius 3 is 2.44 bits per heavy atom. The monoisotopic (exact) mass is 518 g/mol. The van der Waals surface area contributed by atoms with Crippen molar-refractivity contribution in [2.24, 2.45) is 0 Å². The van der Waals surface area contributed by atoms with Gasteiger partial charge in [-0.2, -0.15) is 5.10 Å². The number of aromatic nitrogens is 5. The van der Waals surface area contributed by atoms with E-state index in [0.29, 0.717) is 22.3 Å². The maximum absolute atomic E-state index is 12.6. The largest absolute Gasteiger partial charge is 0.471 e. The van der Waals surface area contributed by atoms with Gasteiger partial charge >= 0.3 is 0 Å². The van der Waals surface area contributed by atoms with Gasteiger partial charge in [0.2, 0.25) is 5.95 Å². The molecule has 180 valence electrons. The lowest BCUT2D eigenvalue weighted by atomic mass is 10.1. The summed E-state index contributed by atoms with van der Waals surface area (Å²) in [5.74, 6) is 0.435. The Morgan fingerprint density at radius 1 is 0.889 bits per heavy atom. The van der Waals surface area contributed by atoms with Crippen LogP contribution in [0.5, 0.6) is 5.75 Å². The van der Waals surface area contributed by atoms with Crippen molar-refractivity contribution >= 4 is 35.1 Å². The zero-order valence-electron chi connectivity index (χ0n) is 18.9. The van der Waals surface area contributed by atoms with Crippen molar-refractivity contribution in [1.29, 1.82) is 0 Å². The second-order valence-corrected chi connectivity index (χ2v) is 8.70. The minimum Gasteiger partial charge on any atom is -0.471 e. The summed E-state index contributed by atoms with van der Waals surface area (Å²) in [5, 5.41) is 12.3. The van der Waals surface area contributed by atoms with Gasteiger partial charge in [-0.1, -0.05) is 71.7 Å². The van der Waals surface area contributed by atoms with Gasteiger partial charge in [-0.25, -0.2) is 14.3 Å². The summed E-state index contributed by atoms with van der Waals surface area (Å²) in [6, 6.07) is 24.7. The minimum absolute atomic E-state index is 0.159. The molecule has 3 aromatic carbocycles. The Morgan fingerprint density at radius 2 is 1.67 bits per heavy atom. The third-order valence-electron chi connectivity index (χ3n) is 5.31. The molecule has 0 saturated heterocycles. The van der Waals surface area contributed by atoms with Crippen LogP contribution in [0.15, 0.2) is 91.4 Å². The maximum Gasteiger partial charge on any atom is 0.278 e. The highest BCUT2D eigenvalue weighted by molar-refractivity contribution is 6.35. The SMILES string of the molecule is O=C(Nc1ncn(Cc2ccc(Cl)cc2Cl)n1)c1ccn(COc2ccc(-c3ccccc3)cc2)n1. The molecule has 36 heavy (non-hydrogen) atoms. The highest BCUT2D eigenvalue weighted by Crippen LogP contribution is 2.23. The number of nitrogens with zero attached hydrogens (tertiary/aromatic N) is 5. The smallest absolute Gasteiger partial charge is 0.278 e. The molecular weight excluding hydrogens is 499 g/mol. The molecule has 1 N–H and O–H groups in total. The highest BCUT2D eigenvalue weighted by atomic mass is 35.5. The fourth-order valence-corrected chi connectivity index (χ4v) is 3.96. The van der Waals surface area contributed by atoms with Gasteiger partial charge in [-0.05, 0) is 47.0 Å². The average Bonchev–Trinajstić information content (AvgIpc) is 3.55. The van der Waals surface area contributed by atoms with Crippen LogP contribution in [0.2, 0.25) is 10.0 Å². The quantitative estimate of drug-likeness (QED) is 0.281. The fraction of sp³-hybridized carbons (Fsp3) is 0.0769. The number of anilines is 1. The number of rotatable bonds is 8. The predicted octanol–water partition coefficient (Wildman–Crippen LogP) is 5.79. The van der Waals surface area contributed by atoms with E-state index in [2.05, 4.69) is 32.6 Å². The molecule has 1 amide bonds. The summed E-state index contributed by atoms with van der Waals surface area (Å²) in [5.41, 5.74) is 3.29. The van der Waals surface area contributed by atoms with E-state index in [1.54, 1.807) is 29.1 Å². The van der Waals surface area contributed by atoms with Crippen LogP contribution < -0.4 is 10.1 Å². The van der Waals surface area contributed by atoms with Crippen LogP contribution in [0.3, 0.4) is 0 Å². The summed E-state index contributed by atoms with van der Waals surface area (Å²) in [6.07, 6.45) is 3.18. The molecule has 0 bridgehead atoms. The van der Waals surface area contributed by atoms with E-state index in [0.717, 1.165) is 16.7 Å². The number of hydrogen-bond donors (Lipinski definition) is 1. The fourth-order valence-electron chi connectivity index (χ4n) is 3.49. The summed E-state index contributed by atoms with van der Waals surface area (Å²) in [7, 11) is 0. The Hall–Kier alpha value is -4.14. The average molecular weight is 519 g/mol. The normalized spacial score (nSPS) is 10.8. The molecule has 5 rings (SSSR count). The molecule has 0 fully saturated rings. The molecule has 0 aliphatic rings. The van der Waals surface area contributed by atoms with Crippen molar-refractivity contribution in [1.82, 2.24) is 24.5 Å². The Bertz CT molecular complexity index is 1480. The predicted molar refractivity (Wildman–Crippen MR) is 138 cm³/mol. The summed E-state index contributed by atoms with van der Waals surface area (Å²) < 4.78 is 8.90. The molecule has 0 radical (unpaired) electrons. The van der Waals surface area contributed by atoms with Gasteiger partial charge in [0.15, 0.2) is 12.4 Å². The van der Waals surface area contributed by atoms with E-state index in [4.69, 9.17) is 27.9 Å². The van der Waals surface area contributed by atoms with Gasteiger partial charge in [0.05, 0.1) is 6.54 Å². The van der Waals surface area contributed by atoms with Crippen molar-refractivity contribution in [2.75, 3.05) is 5.32 Å². The minimum atomic E-state index is -0.428. The molecule has 10 heteroatoms. The first kappa shape index (κ1) is 23.6. The third kappa shape index (κ3) is 5.73. The van der Waals surface area contributed by atoms with E-state index < -0.39 is 5.91 Å². The standard InChI is InChI=1S/C26H20Cl2N6O2/c27-21-9-6-20(23(28)14-21)15-34-16-29-26(32-34)30-25(35)24-12-13-33(31-24)17-36-22-10-7-19(8-11-22)18-4-2-1-3-5-18/h1-14,16H,15,17H2,(H,30,32,35). The Balaban J connectivity index is 1.15. The van der Waals surface area contributed by atoms with Gasteiger partial charge in [0.1, 0.15) is 12.1 Å². The first-order valence-electron chi connectivity index (χ1n) is 11.0. The van der Waals surface area contributed by atoms with E-state index >= 15 is 0 Å². The van der Waals surface area contributed by atoms with E-state index in [1.807, 2.05) is 48.5 Å². The second-order valence-electron chi connectivity index (χ2n) is 7.86. The molecule has 8 nitrogen and oxygen atoms in total. The number of halogens is 2. The molecule has 0 saturated carbocycles. The molecule has 0 atom stereocenters. The third-order valence-corrected chi connectivity index (χ3v) is 5.89. The van der Waals surface area contributed by atoms with Gasteiger partial charge in [0.25, 0.3) is 5.91 Å². The van der Waals surface area contributed by atoms with Gasteiger partial charge in [-0.15, -0.1) is 5.10 Å². The number of carbonyl (C=O) groups is 1. The molecule has 0 aliphatic carbocycles. The number of hydrogen-bond acceptors (Lipinski definition) is 5. The van der Waals surface area contributed by atoms with Gasteiger partial charge < -0.3 is 4.74 Å². The van der Waals surface area contributed by atoms with E-state index in [9.17, 15) is 4.79 Å². The van der Waals surface area contributed by atoms with Crippen molar-refractivity contribution < 1.29 is 9.53 Å². The van der Waals surface area contributed by atoms with Crippen LogP contribution in [0.25, 0.3) is 11.1 Å². The molecular formula is C26H20Cl2N6O2. The van der Waals surface area contributed by atoms with Gasteiger partial charge in [-0.3, -0.25) is 10.1 Å². The van der Waals surface area contributed by atoms with E-state index in [-0.39, 0.29) is 18.4 Å². The Labute approximate surface area is 217 Å². The summed E-state index contributed by atoms with van der Waals surface area (Å²) in [6.45, 7) is 0.545. The van der Waals surface area contributed by atoms with Crippen LogP contribution in [0, 0.1) is 0 Å². The number of nitrogens with one attached hydrogen (secondary N) is 1. The lowest BCUT2D eigenvalue weighted by Gasteiger charge is -2.07. The lowest BCUT2D eigenvalue weighted by molar-refractivity contribution is 0.101. The number of amides is 1. The highest BCUT2D eigenvalue weighted by Gasteiger charge is 2.13. The first-order chi connectivity index (χ1) is 17.5. The lowest BCUT2D eigenvalue weighted by Crippen LogP contribution is -2.15. The van der Waals surface area contributed by atoms with Crippen molar-refractivity contribution in [3.8, 4) is 16.9 Å². The molecule has 0 unspecified atom stereocenters. The summed E-state index contributed by atoms with van der Waals surface area (Å²) >= 11 is 12.2. The van der Waals surface area contributed by atoms with Crippen LogP contribution in [0.1, 0.15) is 16.1 Å². The van der Waals surface area contributed by atoms with Crippen LogP contribution in [0.4, 0.5) is 5.95 Å². The second kappa shape index (κ2) is 10.6.